The van der Waals surface area contributed by atoms with E-state index in [2.05, 4.69) is 24.4 Å². The summed E-state index contributed by atoms with van der Waals surface area (Å²) in [5, 5.41) is 12.4. The quantitative estimate of drug-likeness (QED) is 0.858. The van der Waals surface area contributed by atoms with Crippen LogP contribution >= 0.6 is 0 Å². The van der Waals surface area contributed by atoms with E-state index in [1.54, 1.807) is 0 Å². The summed E-state index contributed by atoms with van der Waals surface area (Å²) in [6.07, 6.45) is 5.51. The van der Waals surface area contributed by atoms with Crippen molar-refractivity contribution in [3.05, 3.63) is 35.4 Å². The third-order valence-corrected chi connectivity index (χ3v) is 3.79. The highest BCUT2D eigenvalue weighted by molar-refractivity contribution is 5.32. The van der Waals surface area contributed by atoms with E-state index in [1.165, 1.54) is 31.2 Å². The molecule has 1 N–H and O–H groups in total. The lowest BCUT2D eigenvalue weighted by molar-refractivity contribution is 0.380. The molecule has 0 unspecified atom stereocenters. The number of nitrogens with one attached hydrogen (secondary N) is 1. The Kier molecular flexibility index (Phi) is 4.17. The van der Waals surface area contributed by atoms with Gasteiger partial charge >= 0.3 is 0 Å². The van der Waals surface area contributed by atoms with Gasteiger partial charge in [-0.25, -0.2) is 0 Å². The Hall–Kier alpha value is -1.33. The minimum Gasteiger partial charge on any atom is -0.310 e. The second-order valence-corrected chi connectivity index (χ2v) is 5.03. The van der Waals surface area contributed by atoms with Crippen molar-refractivity contribution in [1.82, 2.24) is 5.32 Å². The molecule has 17 heavy (non-hydrogen) atoms. The molecule has 0 heterocycles. The molecule has 1 aromatic rings. The largest absolute Gasteiger partial charge is 0.310 e. The van der Waals surface area contributed by atoms with E-state index in [0.29, 0.717) is 6.04 Å². The monoisotopic (exact) mass is 228 g/mol. The van der Waals surface area contributed by atoms with Crippen LogP contribution in [-0.2, 0) is 6.54 Å². The lowest BCUT2D eigenvalue weighted by Crippen LogP contribution is -2.31. The van der Waals surface area contributed by atoms with Gasteiger partial charge < -0.3 is 5.32 Å². The van der Waals surface area contributed by atoms with Crippen molar-refractivity contribution in [2.45, 2.75) is 45.2 Å². The summed E-state index contributed by atoms with van der Waals surface area (Å²) in [4.78, 5) is 0. The molecule has 0 amide bonds. The van der Waals surface area contributed by atoms with Crippen LogP contribution in [-0.4, -0.2) is 6.04 Å². The Morgan fingerprint density at radius 3 is 2.88 bits per heavy atom. The molecule has 1 atom stereocenters. The van der Waals surface area contributed by atoms with Crippen molar-refractivity contribution in [2.24, 2.45) is 5.92 Å². The van der Waals surface area contributed by atoms with Crippen molar-refractivity contribution in [2.75, 3.05) is 0 Å². The van der Waals surface area contributed by atoms with E-state index in [4.69, 9.17) is 5.26 Å². The van der Waals surface area contributed by atoms with Gasteiger partial charge in [-0.15, -0.1) is 0 Å². The van der Waals surface area contributed by atoms with Gasteiger partial charge in [0.1, 0.15) is 0 Å². The van der Waals surface area contributed by atoms with E-state index in [0.717, 1.165) is 18.0 Å². The average molecular weight is 228 g/mol. The van der Waals surface area contributed by atoms with Gasteiger partial charge in [-0.2, -0.15) is 5.26 Å². The van der Waals surface area contributed by atoms with Gasteiger partial charge in [0.2, 0.25) is 0 Å². The minimum absolute atomic E-state index is 0.586. The smallest absolute Gasteiger partial charge is 0.0991 e. The van der Waals surface area contributed by atoms with Crippen LogP contribution in [0, 0.1) is 17.2 Å². The Morgan fingerprint density at radius 1 is 1.41 bits per heavy atom. The molecule has 0 saturated heterocycles. The second kappa shape index (κ2) is 5.84. The SMILES string of the molecule is C[C@H](NCc1cccc(C#N)c1)C1CCCC1. The predicted octanol–water partition coefficient (Wildman–Crippen LogP) is 3.23. The number of nitrogens with zero attached hydrogens (tertiary/aromatic N) is 1. The summed E-state index contributed by atoms with van der Waals surface area (Å²) >= 11 is 0. The van der Waals surface area contributed by atoms with Gasteiger partial charge in [0, 0.05) is 12.6 Å². The van der Waals surface area contributed by atoms with E-state index in [-0.39, 0.29) is 0 Å². The Balaban J connectivity index is 1.86. The zero-order valence-corrected chi connectivity index (χ0v) is 10.4. The lowest BCUT2D eigenvalue weighted by Gasteiger charge is -2.20. The molecule has 0 aromatic heterocycles. The Labute approximate surface area is 104 Å². The molecular formula is C15H20N2. The summed E-state index contributed by atoms with van der Waals surface area (Å²) in [6.45, 7) is 3.15. The third-order valence-electron chi connectivity index (χ3n) is 3.79. The van der Waals surface area contributed by atoms with Gasteiger partial charge in [-0.1, -0.05) is 25.0 Å². The maximum Gasteiger partial charge on any atom is 0.0991 e. The summed E-state index contributed by atoms with van der Waals surface area (Å²) in [5.41, 5.74) is 1.95. The van der Waals surface area contributed by atoms with Crippen LogP contribution in [0.15, 0.2) is 24.3 Å². The normalized spacial score (nSPS) is 17.9. The maximum atomic E-state index is 8.84. The first-order chi connectivity index (χ1) is 8.29. The third kappa shape index (κ3) is 3.31. The summed E-state index contributed by atoms with van der Waals surface area (Å²) < 4.78 is 0. The molecule has 0 bridgehead atoms. The number of rotatable bonds is 4. The first-order valence-corrected chi connectivity index (χ1v) is 6.52. The molecule has 1 saturated carbocycles. The second-order valence-electron chi connectivity index (χ2n) is 5.03. The fourth-order valence-corrected chi connectivity index (χ4v) is 2.65. The van der Waals surface area contributed by atoms with Crippen molar-refractivity contribution < 1.29 is 0 Å². The van der Waals surface area contributed by atoms with E-state index in [9.17, 15) is 0 Å². The van der Waals surface area contributed by atoms with Crippen molar-refractivity contribution >= 4 is 0 Å². The summed E-state index contributed by atoms with van der Waals surface area (Å²) in [6, 6.07) is 10.6. The minimum atomic E-state index is 0.586. The molecular weight excluding hydrogens is 208 g/mol. The van der Waals surface area contributed by atoms with Gasteiger partial charge in [0.15, 0.2) is 0 Å². The number of benzene rings is 1. The molecule has 1 aromatic carbocycles. The Morgan fingerprint density at radius 2 is 2.18 bits per heavy atom. The van der Waals surface area contributed by atoms with Crippen LogP contribution in [0.3, 0.4) is 0 Å². The fourth-order valence-electron chi connectivity index (χ4n) is 2.65. The highest BCUT2D eigenvalue weighted by Crippen LogP contribution is 2.27. The standard InChI is InChI=1S/C15H20N2/c1-12(15-7-2-3-8-15)17-11-14-6-4-5-13(9-14)10-16/h4-6,9,12,15,17H,2-3,7-8,11H2,1H3/t12-/m0/s1. The van der Waals surface area contributed by atoms with Crippen molar-refractivity contribution in [3.8, 4) is 6.07 Å². The van der Waals surface area contributed by atoms with Crippen LogP contribution in [0.2, 0.25) is 0 Å². The highest BCUT2D eigenvalue weighted by Gasteiger charge is 2.20. The van der Waals surface area contributed by atoms with Gasteiger partial charge in [0.25, 0.3) is 0 Å². The van der Waals surface area contributed by atoms with E-state index in [1.807, 2.05) is 18.2 Å². The first-order valence-electron chi connectivity index (χ1n) is 6.52. The highest BCUT2D eigenvalue weighted by atomic mass is 14.9. The van der Waals surface area contributed by atoms with Crippen LogP contribution in [0.4, 0.5) is 0 Å². The van der Waals surface area contributed by atoms with Gasteiger partial charge in [-0.05, 0) is 43.4 Å². The lowest BCUT2D eigenvalue weighted by atomic mass is 9.99. The number of hydrogen-bond donors (Lipinski definition) is 1. The first kappa shape index (κ1) is 12.1. The van der Waals surface area contributed by atoms with E-state index < -0.39 is 0 Å². The molecule has 2 heteroatoms. The van der Waals surface area contributed by atoms with Crippen LogP contribution in [0.25, 0.3) is 0 Å². The molecule has 1 aliphatic carbocycles. The van der Waals surface area contributed by atoms with Gasteiger partial charge in [-0.3, -0.25) is 0 Å². The zero-order chi connectivity index (χ0) is 12.1. The van der Waals surface area contributed by atoms with Gasteiger partial charge in [0.05, 0.1) is 11.6 Å². The molecule has 1 aliphatic rings. The molecule has 90 valence electrons. The van der Waals surface area contributed by atoms with Crippen LogP contribution in [0.5, 0.6) is 0 Å². The molecule has 2 rings (SSSR count). The zero-order valence-electron chi connectivity index (χ0n) is 10.4. The Bertz CT molecular complexity index is 400. The van der Waals surface area contributed by atoms with Crippen molar-refractivity contribution in [3.63, 3.8) is 0 Å². The summed E-state index contributed by atoms with van der Waals surface area (Å²) in [7, 11) is 0. The van der Waals surface area contributed by atoms with Crippen LogP contribution < -0.4 is 5.32 Å². The topological polar surface area (TPSA) is 35.8 Å². The average Bonchev–Trinajstić information content (AvgIpc) is 2.90. The molecule has 0 aliphatic heterocycles. The van der Waals surface area contributed by atoms with Crippen LogP contribution in [0.1, 0.15) is 43.7 Å². The molecule has 2 nitrogen and oxygen atoms in total. The molecule has 0 spiro atoms. The maximum absolute atomic E-state index is 8.84. The molecule has 0 radical (unpaired) electrons. The number of hydrogen-bond acceptors (Lipinski definition) is 2. The predicted molar refractivity (Wildman–Crippen MR) is 69.4 cm³/mol. The van der Waals surface area contributed by atoms with E-state index >= 15 is 0 Å². The van der Waals surface area contributed by atoms with Crippen molar-refractivity contribution in [1.29, 1.82) is 5.26 Å². The molecule has 1 fully saturated rings. The fraction of sp³-hybridized carbons (Fsp3) is 0.533. The summed E-state index contributed by atoms with van der Waals surface area (Å²) in [5.74, 6) is 0.842. The number of nitriles is 1.